The van der Waals surface area contributed by atoms with Crippen LogP contribution in [0.3, 0.4) is 0 Å². The summed E-state index contributed by atoms with van der Waals surface area (Å²) in [7, 11) is -4.06. The van der Waals surface area contributed by atoms with Gasteiger partial charge >= 0.3 is 13.6 Å². The van der Waals surface area contributed by atoms with E-state index in [1.165, 1.54) is 12.2 Å². The van der Waals surface area contributed by atoms with Crippen molar-refractivity contribution in [2.75, 3.05) is 12.8 Å². The zero-order valence-corrected chi connectivity index (χ0v) is 8.68. The number of hydrogen-bond donors (Lipinski definition) is 3. The molecule has 0 spiro atoms. The molecule has 4 N–H and O–H groups in total. The molecule has 1 unspecified atom stereocenters. The molecule has 82 valence electrons. The van der Waals surface area contributed by atoms with Crippen LogP contribution in [-0.4, -0.2) is 34.6 Å². The number of esters is 1. The number of rotatable bonds is 5. The lowest BCUT2D eigenvalue weighted by Crippen LogP contribution is -2.30. The molecule has 0 aliphatic heterocycles. The summed E-state index contributed by atoms with van der Waals surface area (Å²) >= 11 is 0. The molecule has 0 aromatic carbocycles. The van der Waals surface area contributed by atoms with Gasteiger partial charge < -0.3 is 20.3 Å². The molecule has 0 aromatic rings. The molecule has 0 aliphatic carbocycles. The first-order chi connectivity index (χ1) is 6.37. The highest BCUT2D eigenvalue weighted by molar-refractivity contribution is 7.51. The highest BCUT2D eigenvalue weighted by Crippen LogP contribution is 2.33. The zero-order valence-electron chi connectivity index (χ0n) is 7.79. The predicted octanol–water partition coefficient (Wildman–Crippen LogP) is -0.389. The number of ether oxygens (including phenoxy) is 1. The first-order valence-corrected chi connectivity index (χ1v) is 5.80. The second kappa shape index (κ2) is 5.93. The smallest absolute Gasteiger partial charge is 0.329 e. The Hall–Kier alpha value is -0.680. The third-order valence-corrected chi connectivity index (χ3v) is 1.93. The van der Waals surface area contributed by atoms with Crippen LogP contribution in [0.25, 0.3) is 0 Å². The van der Waals surface area contributed by atoms with Crippen LogP contribution in [0.5, 0.6) is 0 Å². The SMILES string of the molecule is CCOC(=O)C(N)/C=C/CP(=O)(O)O. The number of nitrogens with two attached hydrogens (primary N) is 1. The highest BCUT2D eigenvalue weighted by Gasteiger charge is 2.12. The van der Waals surface area contributed by atoms with Gasteiger partial charge in [-0.1, -0.05) is 12.2 Å². The van der Waals surface area contributed by atoms with E-state index in [0.29, 0.717) is 0 Å². The minimum atomic E-state index is -4.06. The molecule has 14 heavy (non-hydrogen) atoms. The molecule has 0 aromatic heterocycles. The summed E-state index contributed by atoms with van der Waals surface area (Å²) in [5.74, 6) is -0.616. The molecule has 7 heteroatoms. The van der Waals surface area contributed by atoms with Crippen LogP contribution < -0.4 is 5.73 Å². The molecule has 1 atom stereocenters. The van der Waals surface area contributed by atoms with Crippen molar-refractivity contribution in [3.63, 3.8) is 0 Å². The van der Waals surface area contributed by atoms with Crippen molar-refractivity contribution in [1.82, 2.24) is 0 Å². The fourth-order valence-corrected chi connectivity index (χ4v) is 1.06. The van der Waals surface area contributed by atoms with Gasteiger partial charge in [-0.2, -0.15) is 0 Å². The molecule has 0 radical (unpaired) electrons. The molecule has 0 aliphatic rings. The van der Waals surface area contributed by atoms with Crippen molar-refractivity contribution >= 4 is 13.6 Å². The van der Waals surface area contributed by atoms with Gasteiger partial charge in [0.05, 0.1) is 12.8 Å². The fourth-order valence-electron chi connectivity index (χ4n) is 0.662. The quantitative estimate of drug-likeness (QED) is 0.332. The van der Waals surface area contributed by atoms with E-state index in [-0.39, 0.29) is 6.61 Å². The molecule has 0 bridgehead atoms. The van der Waals surface area contributed by atoms with Crippen LogP contribution in [0.15, 0.2) is 12.2 Å². The molecule has 0 heterocycles. The van der Waals surface area contributed by atoms with Gasteiger partial charge in [0.2, 0.25) is 0 Å². The average Bonchev–Trinajstić information content (AvgIpc) is 2.02. The molecule has 0 fully saturated rings. The Balaban J connectivity index is 3.99. The van der Waals surface area contributed by atoms with Crippen molar-refractivity contribution in [2.45, 2.75) is 13.0 Å². The second-order valence-corrected chi connectivity index (χ2v) is 4.25. The summed E-state index contributed by atoms with van der Waals surface area (Å²) in [6.07, 6.45) is 1.94. The Morgan fingerprint density at radius 2 is 2.21 bits per heavy atom. The van der Waals surface area contributed by atoms with Crippen LogP contribution >= 0.6 is 7.60 Å². The van der Waals surface area contributed by atoms with Crippen molar-refractivity contribution in [2.24, 2.45) is 5.73 Å². The minimum Gasteiger partial charge on any atom is -0.465 e. The number of allylic oxidation sites excluding steroid dienone is 1. The van der Waals surface area contributed by atoms with Crippen molar-refractivity contribution in [3.8, 4) is 0 Å². The predicted molar refractivity (Wildman–Crippen MR) is 50.7 cm³/mol. The number of hydrogen-bond acceptors (Lipinski definition) is 4. The monoisotopic (exact) mass is 223 g/mol. The molecular weight excluding hydrogens is 209 g/mol. The van der Waals surface area contributed by atoms with Gasteiger partial charge in [0.1, 0.15) is 6.04 Å². The van der Waals surface area contributed by atoms with Crippen LogP contribution in [0.2, 0.25) is 0 Å². The van der Waals surface area contributed by atoms with E-state index in [2.05, 4.69) is 4.74 Å². The van der Waals surface area contributed by atoms with Crippen LogP contribution in [0.1, 0.15) is 6.92 Å². The maximum Gasteiger partial charge on any atom is 0.329 e. The second-order valence-electron chi connectivity index (χ2n) is 2.55. The lowest BCUT2D eigenvalue weighted by atomic mass is 10.3. The van der Waals surface area contributed by atoms with Gasteiger partial charge in [-0.25, -0.2) is 0 Å². The third kappa shape index (κ3) is 6.80. The highest BCUT2D eigenvalue weighted by atomic mass is 31.2. The van der Waals surface area contributed by atoms with Crippen molar-refractivity contribution in [1.29, 1.82) is 0 Å². The van der Waals surface area contributed by atoms with E-state index >= 15 is 0 Å². The van der Waals surface area contributed by atoms with Gasteiger partial charge in [-0.3, -0.25) is 9.36 Å². The van der Waals surface area contributed by atoms with Gasteiger partial charge in [-0.15, -0.1) is 0 Å². The Morgan fingerprint density at radius 1 is 1.64 bits per heavy atom. The van der Waals surface area contributed by atoms with E-state index in [4.69, 9.17) is 15.5 Å². The lowest BCUT2D eigenvalue weighted by Gasteiger charge is -2.05. The first kappa shape index (κ1) is 13.3. The van der Waals surface area contributed by atoms with Crippen LogP contribution in [-0.2, 0) is 14.1 Å². The summed E-state index contributed by atoms with van der Waals surface area (Å²) in [6.45, 7) is 1.86. The zero-order chi connectivity index (χ0) is 11.2. The van der Waals surface area contributed by atoms with Gasteiger partial charge in [0, 0.05) is 0 Å². The van der Waals surface area contributed by atoms with E-state index in [1.54, 1.807) is 6.92 Å². The van der Waals surface area contributed by atoms with Gasteiger partial charge in [0.15, 0.2) is 0 Å². The summed E-state index contributed by atoms with van der Waals surface area (Å²) < 4.78 is 15.0. The Morgan fingerprint density at radius 3 is 2.64 bits per heavy atom. The van der Waals surface area contributed by atoms with Crippen molar-refractivity contribution in [3.05, 3.63) is 12.2 Å². The third-order valence-electron chi connectivity index (χ3n) is 1.25. The van der Waals surface area contributed by atoms with Crippen LogP contribution in [0, 0.1) is 0 Å². The Labute approximate surface area is 81.9 Å². The van der Waals surface area contributed by atoms with E-state index in [1.807, 2.05) is 0 Å². The molecular formula is C7H14NO5P. The largest absolute Gasteiger partial charge is 0.465 e. The standard InChI is InChI=1S/C7H14NO5P/c1-2-13-7(9)6(8)4-3-5-14(10,11)12/h3-4,6H,2,5,8H2,1H3,(H2,10,11,12)/b4-3+. The van der Waals surface area contributed by atoms with E-state index in [9.17, 15) is 9.36 Å². The molecule has 0 rings (SSSR count). The summed E-state index contributed by atoms with van der Waals surface area (Å²) in [6, 6.07) is -0.971. The Kier molecular flexibility index (Phi) is 5.64. The fraction of sp³-hybridized carbons (Fsp3) is 0.571. The molecule has 0 amide bonds. The van der Waals surface area contributed by atoms with E-state index < -0.39 is 25.8 Å². The molecule has 0 saturated carbocycles. The average molecular weight is 223 g/mol. The van der Waals surface area contributed by atoms with Crippen molar-refractivity contribution < 1.29 is 23.9 Å². The summed E-state index contributed by atoms with van der Waals surface area (Å²) in [5.41, 5.74) is 5.32. The topological polar surface area (TPSA) is 110 Å². The summed E-state index contributed by atoms with van der Waals surface area (Å²) in [4.78, 5) is 27.9. The molecule has 6 nitrogen and oxygen atoms in total. The summed E-state index contributed by atoms with van der Waals surface area (Å²) in [5, 5.41) is 0. The maximum absolute atomic E-state index is 10.9. The molecule has 0 saturated heterocycles. The number of carbonyl (C=O) groups excluding carboxylic acids is 1. The first-order valence-electron chi connectivity index (χ1n) is 4.00. The van der Waals surface area contributed by atoms with Gasteiger partial charge in [-0.05, 0) is 6.92 Å². The van der Waals surface area contributed by atoms with Crippen LogP contribution in [0.4, 0.5) is 0 Å². The number of carbonyl (C=O) groups is 1. The normalized spacial score (nSPS) is 14.3. The van der Waals surface area contributed by atoms with E-state index in [0.717, 1.165) is 0 Å². The maximum atomic E-state index is 10.9. The Bertz CT molecular complexity index is 259. The van der Waals surface area contributed by atoms with Gasteiger partial charge in [0.25, 0.3) is 0 Å². The minimum absolute atomic E-state index is 0.221. The lowest BCUT2D eigenvalue weighted by molar-refractivity contribution is -0.143.